The highest BCUT2D eigenvalue weighted by molar-refractivity contribution is 6.07. The first-order chi connectivity index (χ1) is 15.4. The molecule has 0 aliphatic heterocycles. The summed E-state index contributed by atoms with van der Waals surface area (Å²) in [4.78, 5) is 33.1. The Labute approximate surface area is 183 Å². The Morgan fingerprint density at radius 3 is 2.56 bits per heavy atom. The lowest BCUT2D eigenvalue weighted by atomic mass is 10.0. The number of carbonyl (C=O) groups excluding carboxylic acids is 2. The molecule has 2 heterocycles. The van der Waals surface area contributed by atoms with Gasteiger partial charge in [-0.2, -0.15) is 0 Å². The number of nitrogens with one attached hydrogen (secondary N) is 2. The number of fused-ring (bicyclic) bond motifs is 1. The Kier molecular flexibility index (Phi) is 7.63. The van der Waals surface area contributed by atoms with Gasteiger partial charge in [-0.25, -0.2) is 9.37 Å². The SMILES string of the molecule is COCCNC(=O)c1nc(NC(=O)COC)c2cc(Cc3ccc(F)cc3)cnc2c1O. The zero-order chi connectivity index (χ0) is 23.1. The number of amides is 2. The number of benzene rings is 1. The smallest absolute Gasteiger partial charge is 0.273 e. The second-order valence-corrected chi connectivity index (χ2v) is 6.93. The molecule has 3 N–H and O–H groups in total. The maximum Gasteiger partial charge on any atom is 0.273 e. The number of hydrogen-bond acceptors (Lipinski definition) is 7. The predicted molar refractivity (Wildman–Crippen MR) is 115 cm³/mol. The maximum absolute atomic E-state index is 13.2. The fourth-order valence-corrected chi connectivity index (χ4v) is 3.05. The van der Waals surface area contributed by atoms with Crippen molar-refractivity contribution in [2.75, 3.05) is 39.3 Å². The van der Waals surface area contributed by atoms with Crippen molar-refractivity contribution < 1.29 is 28.6 Å². The zero-order valence-corrected chi connectivity index (χ0v) is 17.6. The predicted octanol–water partition coefficient (Wildman–Crippen LogP) is 2.03. The van der Waals surface area contributed by atoms with Crippen molar-refractivity contribution in [3.8, 4) is 5.75 Å². The topological polar surface area (TPSA) is 123 Å². The van der Waals surface area contributed by atoms with Gasteiger partial charge in [-0.1, -0.05) is 12.1 Å². The van der Waals surface area contributed by atoms with Crippen molar-refractivity contribution in [1.29, 1.82) is 0 Å². The molecular formula is C22H23FN4O5. The number of rotatable bonds is 9. The summed E-state index contributed by atoms with van der Waals surface area (Å²) in [6.07, 6.45) is 1.98. The first-order valence-electron chi connectivity index (χ1n) is 9.75. The molecule has 10 heteroatoms. The van der Waals surface area contributed by atoms with E-state index >= 15 is 0 Å². The van der Waals surface area contributed by atoms with Crippen molar-refractivity contribution in [3.63, 3.8) is 0 Å². The van der Waals surface area contributed by atoms with Crippen LogP contribution in [0.15, 0.2) is 36.5 Å². The van der Waals surface area contributed by atoms with Gasteiger partial charge in [0.15, 0.2) is 11.4 Å². The summed E-state index contributed by atoms with van der Waals surface area (Å²) >= 11 is 0. The van der Waals surface area contributed by atoms with Crippen molar-refractivity contribution in [2.45, 2.75) is 6.42 Å². The standard InChI is InChI=1S/C22H23FN4O5/c1-31-8-7-24-22(30)19-20(29)18-16(21(27-19)26-17(28)12-32-2)10-14(11-25-18)9-13-3-5-15(23)6-4-13/h3-6,10-11,29H,7-9,12H2,1-2H3,(H,24,30)(H,26,27,28). The average molecular weight is 442 g/mol. The summed E-state index contributed by atoms with van der Waals surface area (Å²) in [5, 5.41) is 16.2. The second kappa shape index (κ2) is 10.6. The molecule has 0 aliphatic carbocycles. The minimum absolute atomic E-state index is 0.0604. The van der Waals surface area contributed by atoms with Crippen LogP contribution in [-0.2, 0) is 20.7 Å². The minimum atomic E-state index is -0.638. The van der Waals surface area contributed by atoms with E-state index in [1.165, 1.54) is 26.4 Å². The van der Waals surface area contributed by atoms with E-state index in [-0.39, 0.29) is 42.6 Å². The molecule has 0 aliphatic rings. The van der Waals surface area contributed by atoms with Gasteiger partial charge in [-0.3, -0.25) is 14.6 Å². The number of carbonyl (C=O) groups is 2. The second-order valence-electron chi connectivity index (χ2n) is 6.93. The first-order valence-corrected chi connectivity index (χ1v) is 9.75. The van der Waals surface area contributed by atoms with Gasteiger partial charge in [-0.05, 0) is 35.7 Å². The number of hydrogen-bond donors (Lipinski definition) is 3. The lowest BCUT2D eigenvalue weighted by molar-refractivity contribution is -0.119. The van der Waals surface area contributed by atoms with Crippen LogP contribution in [-0.4, -0.2) is 60.9 Å². The van der Waals surface area contributed by atoms with E-state index in [4.69, 9.17) is 9.47 Å². The summed E-state index contributed by atoms with van der Waals surface area (Å²) in [5.41, 5.74) is 1.42. The highest BCUT2D eigenvalue weighted by atomic mass is 19.1. The van der Waals surface area contributed by atoms with Crippen LogP contribution in [0.3, 0.4) is 0 Å². The van der Waals surface area contributed by atoms with Crippen molar-refractivity contribution >= 4 is 28.5 Å². The maximum atomic E-state index is 13.2. The Hall–Kier alpha value is -3.63. The molecule has 9 nitrogen and oxygen atoms in total. The Balaban J connectivity index is 2.02. The highest BCUT2D eigenvalue weighted by Gasteiger charge is 2.21. The monoisotopic (exact) mass is 442 g/mol. The Morgan fingerprint density at radius 2 is 1.88 bits per heavy atom. The minimum Gasteiger partial charge on any atom is -0.504 e. The highest BCUT2D eigenvalue weighted by Crippen LogP contribution is 2.32. The van der Waals surface area contributed by atoms with Gasteiger partial charge in [0.05, 0.1) is 6.61 Å². The average Bonchev–Trinajstić information content (AvgIpc) is 2.77. The molecule has 0 fully saturated rings. The van der Waals surface area contributed by atoms with Gasteiger partial charge >= 0.3 is 0 Å². The summed E-state index contributed by atoms with van der Waals surface area (Å²) in [6.45, 7) is 0.272. The molecule has 0 saturated heterocycles. The van der Waals surface area contributed by atoms with Crippen LogP contribution in [0.25, 0.3) is 10.9 Å². The lowest BCUT2D eigenvalue weighted by Gasteiger charge is -2.13. The summed E-state index contributed by atoms with van der Waals surface area (Å²) in [7, 11) is 2.87. The molecule has 0 radical (unpaired) electrons. The van der Waals surface area contributed by atoms with E-state index < -0.39 is 17.6 Å². The molecule has 0 unspecified atom stereocenters. The molecule has 0 saturated carbocycles. The number of anilines is 1. The number of ether oxygens (including phenoxy) is 2. The van der Waals surface area contributed by atoms with Gasteiger partial charge in [-0.15, -0.1) is 0 Å². The molecule has 0 bridgehead atoms. The summed E-state index contributed by atoms with van der Waals surface area (Å²) in [6, 6.07) is 7.74. The fraction of sp³-hybridized carbons (Fsp3) is 0.273. The van der Waals surface area contributed by atoms with Crippen LogP contribution < -0.4 is 10.6 Å². The quantitative estimate of drug-likeness (QED) is 0.433. The van der Waals surface area contributed by atoms with Crippen LogP contribution in [0.5, 0.6) is 5.75 Å². The summed E-state index contributed by atoms with van der Waals surface area (Å²) in [5.74, 6) is -1.81. The van der Waals surface area contributed by atoms with Crippen LogP contribution in [0.1, 0.15) is 21.6 Å². The Morgan fingerprint density at radius 1 is 1.12 bits per heavy atom. The first kappa shape index (κ1) is 23.0. The zero-order valence-electron chi connectivity index (χ0n) is 17.6. The van der Waals surface area contributed by atoms with Crippen molar-refractivity contribution in [2.24, 2.45) is 0 Å². The van der Waals surface area contributed by atoms with E-state index in [0.717, 1.165) is 11.1 Å². The largest absolute Gasteiger partial charge is 0.504 e. The van der Waals surface area contributed by atoms with E-state index in [1.54, 1.807) is 24.4 Å². The lowest BCUT2D eigenvalue weighted by Crippen LogP contribution is -2.28. The van der Waals surface area contributed by atoms with Crippen LogP contribution in [0.2, 0.25) is 0 Å². The van der Waals surface area contributed by atoms with Crippen molar-refractivity contribution in [3.05, 3.63) is 59.2 Å². The molecule has 1 aromatic carbocycles. The Bertz CT molecular complexity index is 1120. The number of pyridine rings is 2. The molecule has 3 aromatic rings. The number of aromatic nitrogens is 2. The van der Waals surface area contributed by atoms with Crippen LogP contribution >= 0.6 is 0 Å². The molecular weight excluding hydrogens is 419 g/mol. The van der Waals surface area contributed by atoms with Gasteiger partial charge in [0, 0.05) is 32.3 Å². The number of aromatic hydroxyl groups is 1. The van der Waals surface area contributed by atoms with Gasteiger partial charge < -0.3 is 25.2 Å². The van der Waals surface area contributed by atoms with E-state index in [1.807, 2.05) is 0 Å². The van der Waals surface area contributed by atoms with Gasteiger partial charge in [0.25, 0.3) is 11.8 Å². The molecule has 2 aromatic heterocycles. The molecule has 0 atom stereocenters. The van der Waals surface area contributed by atoms with Gasteiger partial charge in [0.2, 0.25) is 0 Å². The van der Waals surface area contributed by atoms with Crippen molar-refractivity contribution in [1.82, 2.24) is 15.3 Å². The normalized spacial score (nSPS) is 10.8. The molecule has 2 amide bonds. The van der Waals surface area contributed by atoms with E-state index in [2.05, 4.69) is 20.6 Å². The molecule has 3 rings (SSSR count). The number of methoxy groups -OCH3 is 2. The van der Waals surface area contributed by atoms with Gasteiger partial charge in [0.1, 0.15) is 23.8 Å². The number of nitrogens with zero attached hydrogens (tertiary/aromatic N) is 2. The summed E-state index contributed by atoms with van der Waals surface area (Å²) < 4.78 is 22.9. The molecule has 168 valence electrons. The third-order valence-electron chi connectivity index (χ3n) is 4.53. The van der Waals surface area contributed by atoms with E-state index in [9.17, 15) is 19.1 Å². The third kappa shape index (κ3) is 5.54. The molecule has 32 heavy (non-hydrogen) atoms. The number of halogens is 1. The third-order valence-corrected chi connectivity index (χ3v) is 4.53. The van der Waals surface area contributed by atoms with E-state index in [0.29, 0.717) is 11.8 Å². The fourth-order valence-electron chi connectivity index (χ4n) is 3.05. The molecule has 0 spiro atoms. The van der Waals surface area contributed by atoms with Crippen LogP contribution in [0.4, 0.5) is 10.2 Å². The van der Waals surface area contributed by atoms with Crippen LogP contribution in [0, 0.1) is 5.82 Å².